The van der Waals surface area contributed by atoms with E-state index < -0.39 is 44.8 Å². The highest BCUT2D eigenvalue weighted by Gasteiger charge is 2.19. The highest BCUT2D eigenvalue weighted by Crippen LogP contribution is 2.22. The van der Waals surface area contributed by atoms with Gasteiger partial charge < -0.3 is 10.5 Å². The van der Waals surface area contributed by atoms with Gasteiger partial charge in [-0.05, 0) is 6.07 Å². The van der Waals surface area contributed by atoms with Gasteiger partial charge in [0, 0.05) is 6.07 Å². The van der Waals surface area contributed by atoms with E-state index >= 15 is 0 Å². The summed E-state index contributed by atoms with van der Waals surface area (Å²) in [6.07, 6.45) is 0. The van der Waals surface area contributed by atoms with E-state index in [-0.39, 0.29) is 0 Å². The Kier molecular flexibility index (Phi) is 4.07. The number of benzene rings is 1. The number of nitrogens with two attached hydrogens (primary N) is 1. The third-order valence-corrected chi connectivity index (χ3v) is 3.03. The van der Waals surface area contributed by atoms with Crippen molar-refractivity contribution in [1.29, 1.82) is 0 Å². The maximum atomic E-state index is 13.2. The lowest BCUT2D eigenvalue weighted by Crippen LogP contribution is -2.24. The second-order valence-electron chi connectivity index (χ2n) is 3.29. The molecule has 18 heavy (non-hydrogen) atoms. The predicted molar refractivity (Wildman–Crippen MR) is 60.2 cm³/mol. The molecular formula is C9H10F2N2O4S. The fraction of sp³-hybridized carbons (Fsp3) is 0.222. The highest BCUT2D eigenvalue weighted by molar-refractivity contribution is 7.93. The van der Waals surface area contributed by atoms with Gasteiger partial charge >= 0.3 is 5.97 Å². The molecule has 3 N–H and O–H groups in total. The van der Waals surface area contributed by atoms with Gasteiger partial charge in [-0.15, -0.1) is 0 Å². The Morgan fingerprint density at radius 2 is 2.00 bits per heavy atom. The number of methoxy groups -OCH3 is 1. The number of carbonyl (C=O) groups is 1. The number of nitrogens with one attached hydrogen (secondary N) is 1. The molecule has 0 aromatic heterocycles. The zero-order valence-corrected chi connectivity index (χ0v) is 10.1. The zero-order chi connectivity index (χ0) is 13.9. The van der Waals surface area contributed by atoms with E-state index in [0.717, 1.165) is 13.2 Å². The van der Waals surface area contributed by atoms with Crippen molar-refractivity contribution in [2.45, 2.75) is 0 Å². The average molecular weight is 280 g/mol. The molecule has 0 radical (unpaired) electrons. The first kappa shape index (κ1) is 14.2. The summed E-state index contributed by atoms with van der Waals surface area (Å²) >= 11 is 0. The molecule has 0 aliphatic carbocycles. The maximum absolute atomic E-state index is 13.2. The Bertz CT molecular complexity index is 574. The predicted octanol–water partition coefficient (Wildman–Crippen LogP) is 0.462. The van der Waals surface area contributed by atoms with E-state index in [9.17, 15) is 22.0 Å². The van der Waals surface area contributed by atoms with Crippen molar-refractivity contribution < 1.29 is 26.7 Å². The molecule has 1 aromatic carbocycles. The standard InChI is InChI=1S/C9H10F2N2O4S/c1-17-9(14)4-18(15,16)13-8-3-7(12)5(10)2-6(8)11/h2-3,13H,4,12H2,1H3. The molecular weight excluding hydrogens is 270 g/mol. The van der Waals surface area contributed by atoms with Crippen LogP contribution in [0.1, 0.15) is 0 Å². The van der Waals surface area contributed by atoms with E-state index in [0.29, 0.717) is 6.07 Å². The van der Waals surface area contributed by atoms with Crippen LogP contribution in [0, 0.1) is 11.6 Å². The number of esters is 1. The van der Waals surface area contributed by atoms with Crippen LogP contribution in [-0.4, -0.2) is 27.2 Å². The fourth-order valence-corrected chi connectivity index (χ4v) is 2.05. The van der Waals surface area contributed by atoms with Gasteiger partial charge in [-0.1, -0.05) is 0 Å². The second kappa shape index (κ2) is 5.17. The summed E-state index contributed by atoms with van der Waals surface area (Å²) in [7, 11) is -3.13. The van der Waals surface area contributed by atoms with Gasteiger partial charge in [0.05, 0.1) is 18.5 Å². The van der Waals surface area contributed by atoms with Crippen molar-refractivity contribution in [3.05, 3.63) is 23.8 Å². The Morgan fingerprint density at radius 1 is 1.39 bits per heavy atom. The highest BCUT2D eigenvalue weighted by atomic mass is 32.2. The Balaban J connectivity index is 2.98. The van der Waals surface area contributed by atoms with E-state index in [1.54, 1.807) is 4.72 Å². The summed E-state index contributed by atoms with van der Waals surface area (Å²) in [5.74, 6) is -4.16. The maximum Gasteiger partial charge on any atom is 0.322 e. The number of nitrogen functional groups attached to an aromatic ring is 1. The molecule has 0 aliphatic heterocycles. The Labute approximate surface area is 102 Å². The molecule has 0 spiro atoms. The van der Waals surface area contributed by atoms with Crippen LogP contribution in [0.15, 0.2) is 12.1 Å². The number of carbonyl (C=O) groups excluding carboxylic acids is 1. The van der Waals surface area contributed by atoms with Crippen LogP contribution >= 0.6 is 0 Å². The van der Waals surface area contributed by atoms with E-state index in [1.807, 2.05) is 0 Å². The first-order valence-corrected chi connectivity index (χ1v) is 6.22. The van der Waals surface area contributed by atoms with Crippen LogP contribution in [0.2, 0.25) is 0 Å². The van der Waals surface area contributed by atoms with E-state index in [2.05, 4.69) is 4.74 Å². The lowest BCUT2D eigenvalue weighted by atomic mass is 10.2. The van der Waals surface area contributed by atoms with Crippen LogP contribution in [-0.2, 0) is 19.6 Å². The van der Waals surface area contributed by atoms with Gasteiger partial charge in [0.25, 0.3) is 0 Å². The van der Waals surface area contributed by atoms with Gasteiger partial charge in [0.2, 0.25) is 10.0 Å². The quantitative estimate of drug-likeness (QED) is 0.616. The molecule has 0 atom stereocenters. The topological polar surface area (TPSA) is 98.5 Å². The number of ether oxygens (including phenoxy) is 1. The number of hydrogen-bond acceptors (Lipinski definition) is 5. The minimum Gasteiger partial charge on any atom is -0.468 e. The molecule has 0 heterocycles. The second-order valence-corrected chi connectivity index (χ2v) is 5.01. The van der Waals surface area contributed by atoms with E-state index in [4.69, 9.17) is 5.73 Å². The van der Waals surface area contributed by atoms with Crippen LogP contribution in [0.25, 0.3) is 0 Å². The zero-order valence-electron chi connectivity index (χ0n) is 9.24. The summed E-state index contributed by atoms with van der Waals surface area (Å²) in [4.78, 5) is 10.8. The van der Waals surface area contributed by atoms with Crippen molar-refractivity contribution in [3.8, 4) is 0 Å². The molecule has 1 aromatic rings. The molecule has 0 bridgehead atoms. The summed E-state index contributed by atoms with van der Waals surface area (Å²) in [6, 6.07) is 1.21. The summed E-state index contributed by atoms with van der Waals surface area (Å²) < 4.78 is 54.8. The van der Waals surface area contributed by atoms with Gasteiger partial charge in [0.15, 0.2) is 5.75 Å². The van der Waals surface area contributed by atoms with Crippen molar-refractivity contribution in [2.75, 3.05) is 23.3 Å². The first-order valence-electron chi connectivity index (χ1n) is 4.57. The summed E-state index contributed by atoms with van der Waals surface area (Å²) in [6.45, 7) is 0. The van der Waals surface area contributed by atoms with Crippen molar-refractivity contribution in [3.63, 3.8) is 0 Å². The SMILES string of the molecule is COC(=O)CS(=O)(=O)Nc1cc(N)c(F)cc1F. The molecule has 0 saturated heterocycles. The summed E-state index contributed by atoms with van der Waals surface area (Å²) in [5.41, 5.74) is 4.20. The van der Waals surface area contributed by atoms with Crippen LogP contribution < -0.4 is 10.5 Å². The van der Waals surface area contributed by atoms with Crippen molar-refractivity contribution >= 4 is 27.4 Å². The van der Waals surface area contributed by atoms with Gasteiger partial charge in [-0.25, -0.2) is 17.2 Å². The van der Waals surface area contributed by atoms with Crippen molar-refractivity contribution in [1.82, 2.24) is 0 Å². The monoisotopic (exact) mass is 280 g/mol. The van der Waals surface area contributed by atoms with E-state index in [1.165, 1.54) is 0 Å². The Morgan fingerprint density at radius 3 is 2.56 bits per heavy atom. The molecule has 0 unspecified atom stereocenters. The number of hydrogen-bond donors (Lipinski definition) is 2. The number of anilines is 2. The van der Waals surface area contributed by atoms with Crippen LogP contribution in [0.5, 0.6) is 0 Å². The number of halogens is 2. The normalized spacial score (nSPS) is 11.1. The summed E-state index contributed by atoms with van der Waals surface area (Å²) in [5, 5.41) is 0. The molecule has 0 fully saturated rings. The molecule has 9 heteroatoms. The fourth-order valence-electron chi connectivity index (χ4n) is 1.06. The van der Waals surface area contributed by atoms with Crippen molar-refractivity contribution in [2.24, 2.45) is 0 Å². The minimum atomic E-state index is -4.14. The third-order valence-electron chi connectivity index (χ3n) is 1.89. The largest absolute Gasteiger partial charge is 0.468 e. The molecule has 6 nitrogen and oxygen atoms in total. The molecule has 0 saturated carbocycles. The van der Waals surface area contributed by atoms with Gasteiger partial charge in [-0.2, -0.15) is 0 Å². The lowest BCUT2D eigenvalue weighted by Gasteiger charge is -2.09. The molecule has 0 amide bonds. The van der Waals surface area contributed by atoms with Crippen LogP contribution in [0.4, 0.5) is 20.2 Å². The lowest BCUT2D eigenvalue weighted by molar-refractivity contribution is -0.137. The van der Waals surface area contributed by atoms with Gasteiger partial charge in [-0.3, -0.25) is 9.52 Å². The number of sulfonamides is 1. The van der Waals surface area contributed by atoms with Crippen LogP contribution in [0.3, 0.4) is 0 Å². The van der Waals surface area contributed by atoms with Gasteiger partial charge in [0.1, 0.15) is 11.6 Å². The molecule has 100 valence electrons. The molecule has 1 rings (SSSR count). The molecule has 0 aliphatic rings. The smallest absolute Gasteiger partial charge is 0.322 e. The number of rotatable bonds is 4. The average Bonchev–Trinajstić information content (AvgIpc) is 2.24. The Hall–Kier alpha value is -1.90. The third kappa shape index (κ3) is 3.55. The minimum absolute atomic E-state index is 0.424. The first-order chi connectivity index (χ1) is 8.25.